The van der Waals surface area contributed by atoms with Gasteiger partial charge >= 0.3 is 0 Å². The fourth-order valence-corrected chi connectivity index (χ4v) is 4.57. The van der Waals surface area contributed by atoms with Crippen LogP contribution in [0.1, 0.15) is 53.0 Å². The Kier molecular flexibility index (Phi) is 6.77. The second kappa shape index (κ2) is 9.73. The van der Waals surface area contributed by atoms with Crippen molar-refractivity contribution in [3.63, 3.8) is 0 Å². The molecule has 1 atom stereocenters. The molecule has 1 N–H and O–H groups in total. The van der Waals surface area contributed by atoms with Gasteiger partial charge in [0.05, 0.1) is 22.7 Å². The summed E-state index contributed by atoms with van der Waals surface area (Å²) in [7, 11) is 0. The van der Waals surface area contributed by atoms with E-state index in [1.807, 2.05) is 6.07 Å². The molecule has 33 heavy (non-hydrogen) atoms. The zero-order valence-electron chi connectivity index (χ0n) is 19.1. The van der Waals surface area contributed by atoms with Crippen LogP contribution in [0.15, 0.2) is 42.5 Å². The molecule has 2 aliphatic heterocycles. The molecule has 2 aromatic rings. The van der Waals surface area contributed by atoms with Gasteiger partial charge in [0.25, 0.3) is 11.8 Å². The van der Waals surface area contributed by atoms with Gasteiger partial charge in [0.1, 0.15) is 5.82 Å². The molecule has 6 nitrogen and oxygen atoms in total. The molecule has 0 bridgehead atoms. The van der Waals surface area contributed by atoms with E-state index >= 15 is 0 Å². The molecule has 174 valence electrons. The number of rotatable bonds is 7. The fourth-order valence-electron chi connectivity index (χ4n) is 4.57. The lowest BCUT2D eigenvalue weighted by Crippen LogP contribution is -2.44. The Labute approximate surface area is 193 Å². The fraction of sp³-hybridized carbons (Fsp3) is 0.423. The van der Waals surface area contributed by atoms with E-state index in [0.717, 1.165) is 24.9 Å². The maximum Gasteiger partial charge on any atom is 0.263 e. The molecule has 0 spiro atoms. The number of piperidine rings is 1. The largest absolute Gasteiger partial charge is 0.370 e. The third kappa shape index (κ3) is 4.92. The van der Waals surface area contributed by atoms with Crippen LogP contribution in [0.3, 0.4) is 0 Å². The quantitative estimate of drug-likeness (QED) is 0.653. The van der Waals surface area contributed by atoms with Crippen molar-refractivity contribution in [2.24, 2.45) is 11.8 Å². The number of fused-ring (bicyclic) bond motifs is 1. The minimum absolute atomic E-state index is 0.0418. The number of nitrogens with one attached hydrogen (secondary N) is 1. The lowest BCUT2D eigenvalue weighted by atomic mass is 9.95. The summed E-state index contributed by atoms with van der Waals surface area (Å²) in [6, 6.07) is 11.5. The van der Waals surface area contributed by atoms with E-state index < -0.39 is 0 Å². The van der Waals surface area contributed by atoms with Crippen molar-refractivity contribution in [1.82, 2.24) is 10.2 Å². The second-order valence-electron chi connectivity index (χ2n) is 9.27. The van der Waals surface area contributed by atoms with E-state index in [2.05, 4.69) is 24.1 Å². The summed E-state index contributed by atoms with van der Waals surface area (Å²) in [6.07, 6.45) is 2.04. The number of carbonyl (C=O) groups excluding carboxylic acids is 3. The van der Waals surface area contributed by atoms with Crippen LogP contribution in [-0.2, 0) is 11.2 Å². The van der Waals surface area contributed by atoms with Gasteiger partial charge in [-0.2, -0.15) is 0 Å². The van der Waals surface area contributed by atoms with Gasteiger partial charge in [-0.15, -0.1) is 0 Å². The monoisotopic (exact) mass is 451 g/mol. The number of imide groups is 1. The molecule has 7 heteroatoms. The van der Waals surface area contributed by atoms with Crippen molar-refractivity contribution in [2.45, 2.75) is 33.1 Å². The number of amides is 3. The van der Waals surface area contributed by atoms with Crippen molar-refractivity contribution in [1.29, 1.82) is 0 Å². The molecule has 2 aliphatic rings. The third-order valence-corrected chi connectivity index (χ3v) is 6.31. The molecule has 3 amide bonds. The molecule has 0 aliphatic carbocycles. The van der Waals surface area contributed by atoms with Crippen molar-refractivity contribution in [3.05, 3.63) is 65.0 Å². The molecule has 1 saturated heterocycles. The van der Waals surface area contributed by atoms with Crippen LogP contribution in [0.4, 0.5) is 10.1 Å². The second-order valence-corrected chi connectivity index (χ2v) is 9.27. The van der Waals surface area contributed by atoms with E-state index in [1.165, 1.54) is 17.0 Å². The number of nitrogens with zero attached hydrogens (tertiary/aromatic N) is 2. The smallest absolute Gasteiger partial charge is 0.263 e. The Bertz CT molecular complexity index is 1070. The zero-order chi connectivity index (χ0) is 23.5. The number of benzene rings is 2. The highest BCUT2D eigenvalue weighted by Crippen LogP contribution is 2.34. The first-order valence-corrected chi connectivity index (χ1v) is 11.6. The minimum atomic E-state index is -0.339. The number of hydrogen-bond donors (Lipinski definition) is 1. The molecule has 4 rings (SSSR count). The molecular weight excluding hydrogens is 421 g/mol. The van der Waals surface area contributed by atoms with Crippen molar-refractivity contribution < 1.29 is 18.8 Å². The maximum absolute atomic E-state index is 13.5. The van der Waals surface area contributed by atoms with Gasteiger partial charge in [0.2, 0.25) is 5.91 Å². The SMILES string of the molecule is CC(C)CNC(=O)C1CCCN(c2cccc3c2C(=O)N(CCc2cccc(F)c2)C3=O)C1. The van der Waals surface area contributed by atoms with Crippen molar-refractivity contribution >= 4 is 23.4 Å². The van der Waals surface area contributed by atoms with E-state index in [0.29, 0.717) is 42.2 Å². The zero-order valence-corrected chi connectivity index (χ0v) is 19.1. The summed E-state index contributed by atoms with van der Waals surface area (Å²) >= 11 is 0. The lowest BCUT2D eigenvalue weighted by Gasteiger charge is -2.34. The van der Waals surface area contributed by atoms with E-state index in [-0.39, 0.29) is 36.0 Å². The normalized spacial score (nSPS) is 18.1. The van der Waals surface area contributed by atoms with Gasteiger partial charge in [0.15, 0.2) is 0 Å². The molecule has 2 heterocycles. The van der Waals surface area contributed by atoms with Crippen LogP contribution in [0.25, 0.3) is 0 Å². The van der Waals surface area contributed by atoms with Gasteiger partial charge in [-0.05, 0) is 55.0 Å². The van der Waals surface area contributed by atoms with Gasteiger partial charge < -0.3 is 10.2 Å². The lowest BCUT2D eigenvalue weighted by molar-refractivity contribution is -0.125. The molecular formula is C26H30FN3O3. The number of carbonyl (C=O) groups is 3. The minimum Gasteiger partial charge on any atom is -0.370 e. The van der Waals surface area contributed by atoms with Crippen LogP contribution in [-0.4, -0.2) is 48.8 Å². The Morgan fingerprint density at radius 2 is 1.94 bits per heavy atom. The van der Waals surface area contributed by atoms with Gasteiger partial charge in [-0.1, -0.05) is 32.0 Å². The molecule has 1 unspecified atom stereocenters. The van der Waals surface area contributed by atoms with E-state index in [9.17, 15) is 18.8 Å². The van der Waals surface area contributed by atoms with Crippen LogP contribution in [0.2, 0.25) is 0 Å². The number of halogens is 1. The first kappa shape index (κ1) is 23.0. The van der Waals surface area contributed by atoms with Crippen molar-refractivity contribution in [2.75, 3.05) is 31.1 Å². The van der Waals surface area contributed by atoms with Gasteiger partial charge in [-0.3, -0.25) is 19.3 Å². The third-order valence-electron chi connectivity index (χ3n) is 6.31. The van der Waals surface area contributed by atoms with E-state index in [4.69, 9.17) is 0 Å². The molecule has 0 radical (unpaired) electrons. The van der Waals surface area contributed by atoms with Crippen LogP contribution >= 0.6 is 0 Å². The highest BCUT2D eigenvalue weighted by Gasteiger charge is 2.39. The van der Waals surface area contributed by atoms with Gasteiger partial charge in [0, 0.05) is 26.2 Å². The summed E-state index contributed by atoms with van der Waals surface area (Å²) in [5.74, 6) is -0.711. The Morgan fingerprint density at radius 1 is 1.15 bits per heavy atom. The summed E-state index contributed by atoms with van der Waals surface area (Å²) in [5, 5.41) is 3.01. The summed E-state index contributed by atoms with van der Waals surface area (Å²) < 4.78 is 13.5. The van der Waals surface area contributed by atoms with Crippen LogP contribution in [0, 0.1) is 17.7 Å². The molecule has 2 aromatic carbocycles. The predicted octanol–water partition coefficient (Wildman–Crippen LogP) is 3.65. The van der Waals surface area contributed by atoms with Crippen LogP contribution < -0.4 is 10.2 Å². The van der Waals surface area contributed by atoms with Crippen molar-refractivity contribution in [3.8, 4) is 0 Å². The standard InChI is InChI=1S/C26H30FN3O3/c1-17(2)15-28-24(31)19-7-5-12-29(16-19)22-10-4-9-21-23(22)26(33)30(25(21)32)13-11-18-6-3-8-20(27)14-18/h3-4,6,8-10,14,17,19H,5,7,11-13,15-16H2,1-2H3,(H,28,31). The Balaban J connectivity index is 1.50. The first-order valence-electron chi connectivity index (χ1n) is 11.6. The first-order chi connectivity index (χ1) is 15.8. The number of anilines is 1. The molecule has 0 aromatic heterocycles. The van der Waals surface area contributed by atoms with Gasteiger partial charge in [-0.25, -0.2) is 4.39 Å². The predicted molar refractivity (Wildman–Crippen MR) is 125 cm³/mol. The summed E-state index contributed by atoms with van der Waals surface area (Å²) in [5.41, 5.74) is 2.24. The molecule has 0 saturated carbocycles. The number of hydrogen-bond acceptors (Lipinski definition) is 4. The summed E-state index contributed by atoms with van der Waals surface area (Å²) in [6.45, 7) is 6.20. The highest BCUT2D eigenvalue weighted by molar-refractivity contribution is 6.23. The maximum atomic E-state index is 13.5. The Hall–Kier alpha value is -3.22. The topological polar surface area (TPSA) is 69.7 Å². The van der Waals surface area contributed by atoms with E-state index in [1.54, 1.807) is 24.3 Å². The average Bonchev–Trinajstić information content (AvgIpc) is 3.06. The van der Waals surface area contributed by atoms with Crippen LogP contribution in [0.5, 0.6) is 0 Å². The average molecular weight is 452 g/mol. The Morgan fingerprint density at radius 3 is 2.70 bits per heavy atom. The molecule has 1 fully saturated rings. The summed E-state index contributed by atoms with van der Waals surface area (Å²) in [4.78, 5) is 42.2. The highest BCUT2D eigenvalue weighted by atomic mass is 19.1.